The van der Waals surface area contributed by atoms with Gasteiger partial charge in [-0.05, 0) is 36.2 Å². The van der Waals surface area contributed by atoms with E-state index in [0.717, 1.165) is 22.5 Å². The van der Waals surface area contributed by atoms with Crippen LogP contribution in [0.25, 0.3) is 10.2 Å². The Labute approximate surface area is 121 Å². The highest BCUT2D eigenvalue weighted by Gasteiger charge is 2.15. The van der Waals surface area contributed by atoms with E-state index in [-0.39, 0.29) is 5.92 Å². The Morgan fingerprint density at radius 3 is 2.75 bits per heavy atom. The minimum Gasteiger partial charge on any atom is -0.508 e. The van der Waals surface area contributed by atoms with Gasteiger partial charge in [-0.1, -0.05) is 24.3 Å². The Morgan fingerprint density at radius 1 is 1.15 bits per heavy atom. The molecule has 0 aliphatic heterocycles. The van der Waals surface area contributed by atoms with E-state index in [1.165, 1.54) is 4.70 Å². The van der Waals surface area contributed by atoms with Crippen molar-refractivity contribution in [1.82, 2.24) is 4.98 Å². The van der Waals surface area contributed by atoms with E-state index < -0.39 is 0 Å². The van der Waals surface area contributed by atoms with E-state index in [0.29, 0.717) is 12.3 Å². The number of thiazole rings is 1. The third-order valence-corrected chi connectivity index (χ3v) is 4.54. The van der Waals surface area contributed by atoms with Crippen LogP contribution in [0.5, 0.6) is 5.75 Å². The van der Waals surface area contributed by atoms with Gasteiger partial charge in [-0.15, -0.1) is 11.3 Å². The SMILES string of the molecule is NCC(Cc1cccc(O)c1)c1nc2ccccc2s1. The van der Waals surface area contributed by atoms with Gasteiger partial charge in [-0.2, -0.15) is 0 Å². The molecule has 1 unspecified atom stereocenters. The van der Waals surface area contributed by atoms with Crippen LogP contribution in [-0.4, -0.2) is 16.6 Å². The maximum atomic E-state index is 9.54. The lowest BCUT2D eigenvalue weighted by molar-refractivity contribution is 0.474. The van der Waals surface area contributed by atoms with Crippen molar-refractivity contribution in [2.75, 3.05) is 6.54 Å². The summed E-state index contributed by atoms with van der Waals surface area (Å²) in [6, 6.07) is 15.5. The van der Waals surface area contributed by atoms with Crippen molar-refractivity contribution in [3.05, 3.63) is 59.1 Å². The monoisotopic (exact) mass is 284 g/mol. The summed E-state index contributed by atoms with van der Waals surface area (Å²) >= 11 is 1.70. The average Bonchev–Trinajstić information content (AvgIpc) is 2.88. The van der Waals surface area contributed by atoms with Crippen molar-refractivity contribution >= 4 is 21.6 Å². The molecule has 0 spiro atoms. The van der Waals surface area contributed by atoms with E-state index in [2.05, 4.69) is 11.1 Å². The lowest BCUT2D eigenvalue weighted by Crippen LogP contribution is -2.14. The summed E-state index contributed by atoms with van der Waals surface area (Å²) in [5.41, 5.74) is 8.03. The molecular formula is C16H16N2OS. The Kier molecular flexibility index (Phi) is 3.67. The zero-order chi connectivity index (χ0) is 13.9. The van der Waals surface area contributed by atoms with E-state index in [1.807, 2.05) is 30.3 Å². The molecule has 0 radical (unpaired) electrons. The summed E-state index contributed by atoms with van der Waals surface area (Å²) in [6.45, 7) is 0.551. The van der Waals surface area contributed by atoms with Crippen LogP contribution in [-0.2, 0) is 6.42 Å². The van der Waals surface area contributed by atoms with E-state index in [9.17, 15) is 5.11 Å². The lowest BCUT2D eigenvalue weighted by atomic mass is 10.00. The van der Waals surface area contributed by atoms with Crippen LogP contribution >= 0.6 is 11.3 Å². The van der Waals surface area contributed by atoms with Crippen molar-refractivity contribution in [2.45, 2.75) is 12.3 Å². The molecule has 1 atom stereocenters. The van der Waals surface area contributed by atoms with Gasteiger partial charge in [0.1, 0.15) is 5.75 Å². The summed E-state index contributed by atoms with van der Waals surface area (Å²) in [4.78, 5) is 4.68. The number of fused-ring (bicyclic) bond motifs is 1. The first-order valence-electron chi connectivity index (χ1n) is 6.59. The van der Waals surface area contributed by atoms with Gasteiger partial charge in [0, 0.05) is 12.5 Å². The molecule has 0 fully saturated rings. The number of aromatic hydroxyl groups is 1. The molecule has 102 valence electrons. The van der Waals surface area contributed by atoms with Crippen molar-refractivity contribution in [3.8, 4) is 5.75 Å². The molecule has 3 rings (SSSR count). The maximum Gasteiger partial charge on any atom is 0.115 e. The predicted octanol–water partition coefficient (Wildman–Crippen LogP) is 3.29. The van der Waals surface area contributed by atoms with Gasteiger partial charge in [-0.25, -0.2) is 4.98 Å². The van der Waals surface area contributed by atoms with Crippen molar-refractivity contribution in [2.24, 2.45) is 5.73 Å². The van der Waals surface area contributed by atoms with Gasteiger partial charge >= 0.3 is 0 Å². The van der Waals surface area contributed by atoms with Crippen molar-refractivity contribution in [1.29, 1.82) is 0 Å². The molecule has 0 saturated heterocycles. The molecule has 0 bridgehead atoms. The molecule has 4 heteroatoms. The number of hydrogen-bond donors (Lipinski definition) is 2. The van der Waals surface area contributed by atoms with Crippen LogP contribution in [0.3, 0.4) is 0 Å². The topological polar surface area (TPSA) is 59.1 Å². The number of phenols is 1. The van der Waals surface area contributed by atoms with Crippen LogP contribution in [0.1, 0.15) is 16.5 Å². The van der Waals surface area contributed by atoms with Gasteiger partial charge in [0.05, 0.1) is 15.2 Å². The fourth-order valence-electron chi connectivity index (χ4n) is 2.30. The third kappa shape index (κ3) is 2.66. The Morgan fingerprint density at radius 2 is 2.00 bits per heavy atom. The first kappa shape index (κ1) is 13.1. The highest BCUT2D eigenvalue weighted by atomic mass is 32.1. The average molecular weight is 284 g/mol. The van der Waals surface area contributed by atoms with Crippen LogP contribution < -0.4 is 5.73 Å². The standard InChI is InChI=1S/C16H16N2OS/c17-10-12(8-11-4-3-5-13(19)9-11)16-18-14-6-1-2-7-15(14)20-16/h1-7,9,12,19H,8,10,17H2. The second kappa shape index (κ2) is 5.61. The highest BCUT2D eigenvalue weighted by Crippen LogP contribution is 2.29. The molecule has 20 heavy (non-hydrogen) atoms. The maximum absolute atomic E-state index is 9.54. The predicted molar refractivity (Wildman–Crippen MR) is 83.2 cm³/mol. The summed E-state index contributed by atoms with van der Waals surface area (Å²) in [5.74, 6) is 0.483. The first-order valence-corrected chi connectivity index (χ1v) is 7.41. The first-order chi connectivity index (χ1) is 9.76. The molecule has 0 saturated carbocycles. The van der Waals surface area contributed by atoms with E-state index in [1.54, 1.807) is 23.5 Å². The van der Waals surface area contributed by atoms with Crippen LogP contribution in [0.4, 0.5) is 0 Å². The Balaban J connectivity index is 1.89. The van der Waals surface area contributed by atoms with Crippen molar-refractivity contribution in [3.63, 3.8) is 0 Å². The number of benzene rings is 2. The second-order valence-electron chi connectivity index (χ2n) is 4.83. The molecule has 1 aromatic heterocycles. The summed E-state index contributed by atoms with van der Waals surface area (Å²) in [6.07, 6.45) is 0.796. The molecule has 0 aliphatic carbocycles. The van der Waals surface area contributed by atoms with Crippen LogP contribution in [0.2, 0.25) is 0 Å². The third-order valence-electron chi connectivity index (χ3n) is 3.34. The zero-order valence-electron chi connectivity index (χ0n) is 11.0. The van der Waals surface area contributed by atoms with Gasteiger partial charge in [0.25, 0.3) is 0 Å². The number of hydrogen-bond acceptors (Lipinski definition) is 4. The zero-order valence-corrected chi connectivity index (χ0v) is 11.8. The van der Waals surface area contributed by atoms with Crippen LogP contribution in [0, 0.1) is 0 Å². The lowest BCUT2D eigenvalue weighted by Gasteiger charge is -2.11. The van der Waals surface area contributed by atoms with Gasteiger partial charge < -0.3 is 10.8 Å². The Bertz CT molecular complexity index is 690. The summed E-state index contributed by atoms with van der Waals surface area (Å²) in [5, 5.41) is 10.6. The summed E-state index contributed by atoms with van der Waals surface area (Å²) < 4.78 is 1.19. The molecule has 0 amide bonds. The smallest absolute Gasteiger partial charge is 0.115 e. The number of nitrogens with two attached hydrogens (primary N) is 1. The fraction of sp³-hybridized carbons (Fsp3) is 0.188. The highest BCUT2D eigenvalue weighted by molar-refractivity contribution is 7.18. The molecule has 0 aliphatic rings. The van der Waals surface area contributed by atoms with Gasteiger partial charge in [0.2, 0.25) is 0 Å². The molecule has 1 heterocycles. The second-order valence-corrected chi connectivity index (χ2v) is 5.89. The quantitative estimate of drug-likeness (QED) is 0.773. The largest absolute Gasteiger partial charge is 0.508 e. The number of aromatic nitrogens is 1. The molecule has 3 nitrogen and oxygen atoms in total. The normalized spacial score (nSPS) is 12.7. The minimum atomic E-state index is 0.189. The number of rotatable bonds is 4. The molecule has 2 aromatic carbocycles. The van der Waals surface area contributed by atoms with E-state index >= 15 is 0 Å². The summed E-state index contributed by atoms with van der Waals surface area (Å²) in [7, 11) is 0. The number of phenolic OH excluding ortho intramolecular Hbond substituents is 1. The van der Waals surface area contributed by atoms with Crippen LogP contribution in [0.15, 0.2) is 48.5 Å². The van der Waals surface area contributed by atoms with Gasteiger partial charge in [-0.3, -0.25) is 0 Å². The molecule has 3 aromatic rings. The molecule has 3 N–H and O–H groups in total. The molecular weight excluding hydrogens is 268 g/mol. The Hall–Kier alpha value is -1.91. The number of nitrogens with zero attached hydrogens (tertiary/aromatic N) is 1. The minimum absolute atomic E-state index is 0.189. The van der Waals surface area contributed by atoms with Crippen molar-refractivity contribution < 1.29 is 5.11 Å². The van der Waals surface area contributed by atoms with E-state index in [4.69, 9.17) is 5.73 Å². The fourth-order valence-corrected chi connectivity index (χ4v) is 3.38. The van der Waals surface area contributed by atoms with Gasteiger partial charge in [0.15, 0.2) is 0 Å². The number of para-hydroxylation sites is 1.